The average molecular weight is 327 g/mol. The molecule has 0 fully saturated rings. The van der Waals surface area contributed by atoms with E-state index in [4.69, 9.17) is 38.6 Å². The van der Waals surface area contributed by atoms with Crippen molar-refractivity contribution in [2.45, 2.75) is 6.92 Å². The van der Waals surface area contributed by atoms with E-state index in [2.05, 4.69) is 0 Å². The number of carbonyl (C=O) groups excluding carboxylic acids is 1. The minimum Gasteiger partial charge on any atom is -0.420 e. The quantitative estimate of drug-likeness (QED) is 0.736. The summed E-state index contributed by atoms with van der Waals surface area (Å²) in [5, 5.41) is 1.02. The molecule has 1 heterocycles. The molecule has 0 unspecified atom stereocenters. The van der Waals surface area contributed by atoms with Crippen LogP contribution >= 0.6 is 40.2 Å². The highest BCUT2D eigenvalue weighted by molar-refractivity contribution is 8.05. The van der Waals surface area contributed by atoms with E-state index in [0.29, 0.717) is 15.9 Å². The molecule has 0 spiro atoms. The first kappa shape index (κ1) is 13.8. The van der Waals surface area contributed by atoms with Gasteiger partial charge in [-0.05, 0) is 18.2 Å². The highest BCUT2D eigenvalue weighted by Crippen LogP contribution is 2.58. The Morgan fingerprint density at radius 1 is 1.39 bits per heavy atom. The smallest absolute Gasteiger partial charge is 0.420 e. The topological polar surface area (TPSA) is 48.3 Å². The third-order valence-electron chi connectivity index (χ3n) is 2.28. The van der Waals surface area contributed by atoms with Crippen LogP contribution in [0.4, 0.5) is 0 Å². The lowest BCUT2D eigenvalue weighted by Crippen LogP contribution is -2.02. The Hall–Kier alpha value is -0.670. The molecule has 1 aromatic carbocycles. The first-order valence-corrected chi connectivity index (χ1v) is 8.60. The Morgan fingerprint density at radius 2 is 2.06 bits per heavy atom. The van der Waals surface area contributed by atoms with Crippen molar-refractivity contribution < 1.29 is 13.9 Å². The molecular formula is C10H7Cl3NO3P. The minimum atomic E-state index is -3.73. The zero-order valence-electron chi connectivity index (χ0n) is 9.06. The number of carbonyl (C=O) groups is 1. The SMILES string of the molecule is CC(=O)n1cc(OP(=O)(Cl)Cl)c2ccc(Cl)cc21. The van der Waals surface area contributed by atoms with Gasteiger partial charge in [0.15, 0.2) is 5.75 Å². The van der Waals surface area contributed by atoms with Crippen LogP contribution in [0.2, 0.25) is 5.02 Å². The molecule has 0 amide bonds. The highest BCUT2D eigenvalue weighted by atomic mass is 35.9. The third kappa shape index (κ3) is 2.83. The summed E-state index contributed by atoms with van der Waals surface area (Å²) in [5.41, 5.74) is 0.534. The maximum atomic E-state index is 11.5. The molecule has 0 radical (unpaired) electrons. The normalized spacial score (nSPS) is 11.8. The number of fused-ring (bicyclic) bond motifs is 1. The Balaban J connectivity index is 2.69. The summed E-state index contributed by atoms with van der Waals surface area (Å²) in [5.74, 6) is -0.0682. The lowest BCUT2D eigenvalue weighted by Gasteiger charge is -2.03. The number of benzene rings is 1. The van der Waals surface area contributed by atoms with Crippen molar-refractivity contribution in [1.29, 1.82) is 0 Å². The summed E-state index contributed by atoms with van der Waals surface area (Å²) in [7, 11) is 0. The highest BCUT2D eigenvalue weighted by Gasteiger charge is 2.21. The Bertz CT molecular complexity index is 676. The second-order valence-corrected chi connectivity index (χ2v) is 8.19. The van der Waals surface area contributed by atoms with Gasteiger partial charge in [-0.25, -0.2) is 4.57 Å². The molecule has 4 nitrogen and oxygen atoms in total. The fraction of sp³-hybridized carbons (Fsp3) is 0.100. The van der Waals surface area contributed by atoms with Crippen LogP contribution < -0.4 is 4.52 Å². The first-order valence-electron chi connectivity index (χ1n) is 4.78. The van der Waals surface area contributed by atoms with Crippen LogP contribution in [0.15, 0.2) is 24.4 Å². The van der Waals surface area contributed by atoms with E-state index >= 15 is 0 Å². The van der Waals surface area contributed by atoms with Gasteiger partial charge in [-0.2, -0.15) is 0 Å². The van der Waals surface area contributed by atoms with Crippen LogP contribution in [-0.2, 0) is 4.57 Å². The van der Waals surface area contributed by atoms with Crippen LogP contribution in [0, 0.1) is 0 Å². The molecule has 0 aliphatic heterocycles. The van der Waals surface area contributed by atoms with Gasteiger partial charge >= 0.3 is 6.07 Å². The third-order valence-corrected chi connectivity index (χ3v) is 3.33. The fourth-order valence-electron chi connectivity index (χ4n) is 1.62. The lowest BCUT2D eigenvalue weighted by atomic mass is 10.2. The van der Waals surface area contributed by atoms with Gasteiger partial charge in [0, 0.05) is 39.8 Å². The van der Waals surface area contributed by atoms with Crippen molar-refractivity contribution in [3.8, 4) is 5.75 Å². The van der Waals surface area contributed by atoms with Gasteiger partial charge in [0.25, 0.3) is 0 Å². The number of nitrogens with zero attached hydrogens (tertiary/aromatic N) is 1. The van der Waals surface area contributed by atoms with Gasteiger partial charge in [-0.3, -0.25) is 9.36 Å². The zero-order valence-corrected chi connectivity index (χ0v) is 12.2. The van der Waals surface area contributed by atoms with E-state index in [1.165, 1.54) is 17.7 Å². The fourth-order valence-corrected chi connectivity index (χ4v) is 2.60. The van der Waals surface area contributed by atoms with Crippen molar-refractivity contribution in [2.75, 3.05) is 0 Å². The average Bonchev–Trinajstić information content (AvgIpc) is 2.54. The van der Waals surface area contributed by atoms with Crippen molar-refractivity contribution in [2.24, 2.45) is 0 Å². The second kappa shape index (κ2) is 4.78. The van der Waals surface area contributed by atoms with Gasteiger partial charge in [-0.1, -0.05) is 11.6 Å². The zero-order chi connectivity index (χ0) is 13.5. The molecule has 2 rings (SSSR count). The number of halogens is 3. The van der Waals surface area contributed by atoms with Crippen molar-refractivity contribution in [1.82, 2.24) is 4.57 Å². The number of hydrogen-bond acceptors (Lipinski definition) is 3. The van der Waals surface area contributed by atoms with Gasteiger partial charge in [-0.15, -0.1) is 0 Å². The molecule has 0 N–H and O–H groups in total. The Morgan fingerprint density at radius 3 is 2.61 bits per heavy atom. The number of hydrogen-bond donors (Lipinski definition) is 0. The molecule has 0 saturated heterocycles. The van der Waals surface area contributed by atoms with E-state index in [0.717, 1.165) is 0 Å². The largest absolute Gasteiger partial charge is 0.428 e. The number of rotatable bonds is 2. The molecule has 18 heavy (non-hydrogen) atoms. The summed E-state index contributed by atoms with van der Waals surface area (Å²) in [6, 6.07) is 4.85. The van der Waals surface area contributed by atoms with Crippen LogP contribution in [0.25, 0.3) is 10.9 Å². The second-order valence-electron chi connectivity index (χ2n) is 3.55. The summed E-state index contributed by atoms with van der Waals surface area (Å²) in [6.07, 6.45) is -2.36. The maximum Gasteiger partial charge on any atom is 0.428 e. The first-order chi connectivity index (χ1) is 8.28. The Kier molecular flexibility index (Phi) is 3.65. The van der Waals surface area contributed by atoms with Crippen LogP contribution in [0.5, 0.6) is 5.75 Å². The van der Waals surface area contributed by atoms with Crippen LogP contribution in [-0.4, -0.2) is 10.5 Å². The molecule has 96 valence electrons. The molecule has 0 saturated carbocycles. The molecule has 0 aliphatic carbocycles. The van der Waals surface area contributed by atoms with Crippen molar-refractivity contribution in [3.05, 3.63) is 29.4 Å². The Labute approximate surface area is 117 Å². The molecule has 8 heteroatoms. The summed E-state index contributed by atoms with van der Waals surface area (Å²) >= 11 is 16.6. The molecular weight excluding hydrogens is 319 g/mol. The standard InChI is InChI=1S/C10H7Cl3NO3P/c1-6(15)14-5-10(17-18(12,13)16)8-3-2-7(11)4-9(8)14/h2-5H,1H3. The van der Waals surface area contributed by atoms with E-state index in [-0.39, 0.29) is 11.7 Å². The summed E-state index contributed by atoms with van der Waals surface area (Å²) in [4.78, 5) is 11.5. The predicted octanol–water partition coefficient (Wildman–Crippen LogP) is 4.92. The van der Waals surface area contributed by atoms with E-state index in [1.54, 1.807) is 18.2 Å². The van der Waals surface area contributed by atoms with Gasteiger partial charge in [0.1, 0.15) is 0 Å². The van der Waals surface area contributed by atoms with E-state index in [9.17, 15) is 9.36 Å². The maximum absolute atomic E-state index is 11.5. The van der Waals surface area contributed by atoms with E-state index < -0.39 is 6.07 Å². The molecule has 1 aromatic heterocycles. The molecule has 0 atom stereocenters. The van der Waals surface area contributed by atoms with Gasteiger partial charge in [0.05, 0.1) is 11.7 Å². The van der Waals surface area contributed by atoms with Crippen molar-refractivity contribution >= 4 is 57.0 Å². The van der Waals surface area contributed by atoms with Gasteiger partial charge < -0.3 is 4.52 Å². The summed E-state index contributed by atoms with van der Waals surface area (Å²) in [6.45, 7) is 1.38. The predicted molar refractivity (Wildman–Crippen MR) is 73.2 cm³/mol. The number of aromatic nitrogens is 1. The van der Waals surface area contributed by atoms with Crippen LogP contribution in [0.3, 0.4) is 0 Å². The summed E-state index contributed by atoms with van der Waals surface area (Å²) < 4.78 is 17.5. The van der Waals surface area contributed by atoms with Crippen molar-refractivity contribution in [3.63, 3.8) is 0 Å². The monoisotopic (exact) mass is 325 g/mol. The minimum absolute atomic E-state index is 0.171. The van der Waals surface area contributed by atoms with E-state index in [1.807, 2.05) is 0 Å². The van der Waals surface area contributed by atoms with Gasteiger partial charge in [0.2, 0.25) is 5.91 Å². The lowest BCUT2D eigenvalue weighted by molar-refractivity contribution is 0.0941. The van der Waals surface area contributed by atoms with Crippen LogP contribution in [0.1, 0.15) is 11.7 Å². The molecule has 0 bridgehead atoms. The molecule has 2 aromatic rings. The molecule has 0 aliphatic rings.